The van der Waals surface area contributed by atoms with Crippen LogP contribution in [0.2, 0.25) is 0 Å². The van der Waals surface area contributed by atoms with E-state index >= 15 is 0 Å². The molecule has 0 radical (unpaired) electrons. The molecule has 1 aromatic heterocycles. The highest BCUT2D eigenvalue weighted by molar-refractivity contribution is 7.94. The molecular formula is C23H26N2O10S. The number of Topliss-reactive ketones (excluding diaryl/α,β-unsaturated/α-hetero) is 1. The number of aliphatic carboxylic acids is 1. The Hall–Kier alpha value is -3.87. The fraction of sp³-hybridized carbons (Fsp3) is 0.391. The number of pyridine rings is 1. The van der Waals surface area contributed by atoms with Crippen molar-refractivity contribution in [2.45, 2.75) is 23.8 Å². The van der Waals surface area contributed by atoms with Crippen LogP contribution in [-0.4, -0.2) is 81.1 Å². The van der Waals surface area contributed by atoms with Crippen molar-refractivity contribution < 1.29 is 46.9 Å². The number of benzene rings is 1. The van der Waals surface area contributed by atoms with Gasteiger partial charge in [0.15, 0.2) is 27.1 Å². The number of carbonyl (C=O) groups is 3. The zero-order valence-corrected chi connectivity index (χ0v) is 20.9. The van der Waals surface area contributed by atoms with Gasteiger partial charge < -0.3 is 24.1 Å². The molecule has 12 nitrogen and oxygen atoms in total. The van der Waals surface area contributed by atoms with Crippen LogP contribution < -0.4 is 23.8 Å². The number of hydrogen-bond acceptors (Lipinski definition) is 10. The van der Waals surface area contributed by atoms with Gasteiger partial charge in [0.05, 0.1) is 38.7 Å². The van der Waals surface area contributed by atoms with E-state index in [9.17, 15) is 27.9 Å². The summed E-state index contributed by atoms with van der Waals surface area (Å²) in [4.78, 5) is 42.0. The predicted molar refractivity (Wildman–Crippen MR) is 127 cm³/mol. The number of ketones is 1. The SMILES string of the molecule is COc1cc(OCCC(C)S(=O)(=O)C2C(=O)c3cccnc3N(CC(=O)O)C2=O)cc(OC)c1OC. The number of carboxylic acids is 1. The smallest absolute Gasteiger partial charge is 0.323 e. The van der Waals surface area contributed by atoms with Gasteiger partial charge in [-0.3, -0.25) is 19.3 Å². The Morgan fingerprint density at radius 2 is 1.78 bits per heavy atom. The lowest BCUT2D eigenvalue weighted by atomic mass is 10.0. The number of hydrogen-bond donors (Lipinski definition) is 1. The topological polar surface area (TPSA) is 159 Å². The lowest BCUT2D eigenvalue weighted by molar-refractivity contribution is -0.136. The summed E-state index contributed by atoms with van der Waals surface area (Å²) in [5, 5.41) is 5.96. The Morgan fingerprint density at radius 3 is 2.33 bits per heavy atom. The summed E-state index contributed by atoms with van der Waals surface area (Å²) in [6, 6.07) is 5.81. The first-order valence-corrected chi connectivity index (χ1v) is 12.4. The number of aromatic nitrogens is 1. The molecule has 0 aliphatic carbocycles. The van der Waals surface area contributed by atoms with Crippen molar-refractivity contribution in [1.82, 2.24) is 4.98 Å². The maximum atomic E-state index is 13.3. The number of fused-ring (bicyclic) bond motifs is 1. The molecule has 1 N–H and O–H groups in total. The average Bonchev–Trinajstić information content (AvgIpc) is 2.85. The molecular weight excluding hydrogens is 496 g/mol. The Kier molecular flexibility index (Phi) is 8.03. The van der Waals surface area contributed by atoms with Gasteiger partial charge >= 0.3 is 5.97 Å². The first-order valence-electron chi connectivity index (χ1n) is 10.7. The van der Waals surface area contributed by atoms with Crippen LogP contribution in [0.3, 0.4) is 0 Å². The number of sulfone groups is 1. The highest BCUT2D eigenvalue weighted by atomic mass is 32.2. The minimum absolute atomic E-state index is 0.0606. The summed E-state index contributed by atoms with van der Waals surface area (Å²) in [6.07, 6.45) is 1.22. The van der Waals surface area contributed by atoms with E-state index < -0.39 is 44.5 Å². The Balaban J connectivity index is 1.80. The molecule has 1 aromatic carbocycles. The second-order valence-electron chi connectivity index (χ2n) is 7.83. The molecule has 2 unspecified atom stereocenters. The van der Waals surface area contributed by atoms with E-state index in [2.05, 4.69) is 4.98 Å². The molecule has 1 amide bonds. The summed E-state index contributed by atoms with van der Waals surface area (Å²) >= 11 is 0. The van der Waals surface area contributed by atoms with Gasteiger partial charge in [-0.15, -0.1) is 0 Å². The molecule has 3 rings (SSSR count). The summed E-state index contributed by atoms with van der Waals surface area (Å²) in [5.74, 6) is -2.27. The lowest BCUT2D eigenvalue weighted by Crippen LogP contribution is -2.55. The number of ether oxygens (including phenoxy) is 4. The highest BCUT2D eigenvalue weighted by Crippen LogP contribution is 2.41. The number of methoxy groups -OCH3 is 3. The van der Waals surface area contributed by atoms with E-state index in [1.54, 1.807) is 12.1 Å². The van der Waals surface area contributed by atoms with Crippen molar-refractivity contribution in [1.29, 1.82) is 0 Å². The molecule has 0 spiro atoms. The number of carbonyl (C=O) groups excluding carboxylic acids is 2. The van der Waals surface area contributed by atoms with Crippen LogP contribution >= 0.6 is 0 Å². The summed E-state index contributed by atoms with van der Waals surface area (Å²) < 4.78 is 48.1. The van der Waals surface area contributed by atoms with E-state index in [0.29, 0.717) is 27.9 Å². The highest BCUT2D eigenvalue weighted by Gasteiger charge is 2.49. The van der Waals surface area contributed by atoms with Crippen molar-refractivity contribution in [2.24, 2.45) is 0 Å². The molecule has 1 aliphatic rings. The summed E-state index contributed by atoms with van der Waals surface area (Å²) in [5.41, 5.74) is -0.132. The van der Waals surface area contributed by atoms with Crippen molar-refractivity contribution in [3.8, 4) is 23.0 Å². The van der Waals surface area contributed by atoms with Gasteiger partial charge in [-0.05, 0) is 25.5 Å². The maximum Gasteiger partial charge on any atom is 0.323 e. The molecule has 0 saturated heterocycles. The Morgan fingerprint density at radius 1 is 1.14 bits per heavy atom. The molecule has 2 heterocycles. The summed E-state index contributed by atoms with van der Waals surface area (Å²) in [7, 11) is -0.0423. The Bertz CT molecular complexity index is 1250. The van der Waals surface area contributed by atoms with E-state index in [0.717, 1.165) is 0 Å². The minimum atomic E-state index is -4.37. The molecule has 2 aromatic rings. The van der Waals surface area contributed by atoms with Crippen molar-refractivity contribution in [3.05, 3.63) is 36.0 Å². The van der Waals surface area contributed by atoms with Gasteiger partial charge in [-0.1, -0.05) is 0 Å². The second-order valence-corrected chi connectivity index (χ2v) is 10.3. The first-order chi connectivity index (χ1) is 17.1. The predicted octanol–water partition coefficient (Wildman–Crippen LogP) is 1.36. The lowest BCUT2D eigenvalue weighted by Gasteiger charge is -2.31. The molecule has 0 fully saturated rings. The van der Waals surface area contributed by atoms with Gasteiger partial charge in [-0.2, -0.15) is 0 Å². The third-order valence-corrected chi connectivity index (χ3v) is 8.08. The van der Waals surface area contributed by atoms with Crippen molar-refractivity contribution in [3.63, 3.8) is 0 Å². The fourth-order valence-corrected chi connectivity index (χ4v) is 5.48. The average molecular weight is 523 g/mol. The Labute approximate surface area is 207 Å². The molecule has 2 atom stereocenters. The van der Waals surface area contributed by atoms with Crippen LogP contribution in [0.5, 0.6) is 23.0 Å². The standard InChI is InChI=1S/C23H26N2O10S/c1-13(7-9-35-14-10-16(32-2)20(34-4)17(11-14)33-3)36(30,31)21-19(28)15-6-5-8-24-22(15)25(23(21)29)12-18(26)27/h5-6,8,10-11,13,21H,7,9,12H2,1-4H3,(H,26,27). The molecule has 1 aliphatic heterocycles. The number of carboxylic acid groups (broad SMARTS) is 1. The van der Waals surface area contributed by atoms with E-state index in [1.807, 2.05) is 0 Å². The largest absolute Gasteiger partial charge is 0.493 e. The zero-order chi connectivity index (χ0) is 26.6. The third kappa shape index (κ3) is 5.05. The van der Waals surface area contributed by atoms with E-state index in [4.69, 9.17) is 18.9 Å². The number of nitrogens with zero attached hydrogens (tertiary/aromatic N) is 2. The van der Waals surface area contributed by atoms with Crippen LogP contribution in [0.4, 0.5) is 5.82 Å². The van der Waals surface area contributed by atoms with Crippen LogP contribution in [0.1, 0.15) is 23.7 Å². The zero-order valence-electron chi connectivity index (χ0n) is 20.1. The molecule has 194 valence electrons. The van der Waals surface area contributed by atoms with Gasteiger partial charge in [0, 0.05) is 18.3 Å². The third-order valence-electron chi connectivity index (χ3n) is 5.65. The maximum absolute atomic E-state index is 13.3. The first kappa shape index (κ1) is 26.7. The molecule has 36 heavy (non-hydrogen) atoms. The summed E-state index contributed by atoms with van der Waals surface area (Å²) in [6.45, 7) is 0.445. The van der Waals surface area contributed by atoms with E-state index in [1.165, 1.54) is 46.6 Å². The van der Waals surface area contributed by atoms with Gasteiger partial charge in [-0.25, -0.2) is 13.4 Å². The minimum Gasteiger partial charge on any atom is -0.493 e. The monoisotopic (exact) mass is 522 g/mol. The molecule has 0 bridgehead atoms. The van der Waals surface area contributed by atoms with Gasteiger partial charge in [0.25, 0.3) is 5.91 Å². The van der Waals surface area contributed by atoms with Crippen LogP contribution in [0, 0.1) is 0 Å². The number of rotatable bonds is 11. The number of amides is 1. The van der Waals surface area contributed by atoms with Gasteiger partial charge in [0.1, 0.15) is 18.1 Å². The van der Waals surface area contributed by atoms with Gasteiger partial charge in [0.2, 0.25) is 11.0 Å². The number of anilines is 1. The van der Waals surface area contributed by atoms with E-state index in [-0.39, 0.29) is 24.4 Å². The van der Waals surface area contributed by atoms with Crippen LogP contribution in [-0.2, 0) is 19.4 Å². The fourth-order valence-electron chi connectivity index (χ4n) is 3.76. The second kappa shape index (κ2) is 10.8. The van der Waals surface area contributed by atoms with Crippen LogP contribution in [0.15, 0.2) is 30.5 Å². The molecule has 0 saturated carbocycles. The normalized spacial score (nSPS) is 16.2. The molecule has 13 heteroatoms. The van der Waals surface area contributed by atoms with Crippen LogP contribution in [0.25, 0.3) is 0 Å². The quantitative estimate of drug-likeness (QED) is 0.425. The van der Waals surface area contributed by atoms with Crippen molar-refractivity contribution >= 4 is 33.3 Å². The van der Waals surface area contributed by atoms with Crippen molar-refractivity contribution in [2.75, 3.05) is 39.4 Å².